The minimum Gasteiger partial charge on any atom is -0.481 e. The Morgan fingerprint density at radius 1 is 1.07 bits per heavy atom. The van der Waals surface area contributed by atoms with Crippen LogP contribution in [0.4, 0.5) is 10.2 Å². The van der Waals surface area contributed by atoms with E-state index in [1.165, 1.54) is 43.3 Å². The van der Waals surface area contributed by atoms with Crippen LogP contribution < -0.4 is 10.2 Å². The summed E-state index contributed by atoms with van der Waals surface area (Å²) >= 11 is 0. The minimum absolute atomic E-state index is 0.295. The number of pyridine rings is 1. The number of carboxylic acid groups (broad SMARTS) is 1. The number of carbonyl (C=O) groups is 2. The smallest absolute Gasteiger partial charge is 0.305 e. The predicted octanol–water partition coefficient (Wildman–Crippen LogP) is 3.55. The lowest BCUT2D eigenvalue weighted by Crippen LogP contribution is -2.30. The van der Waals surface area contributed by atoms with Gasteiger partial charge in [0.15, 0.2) is 0 Å². The van der Waals surface area contributed by atoms with E-state index in [0.717, 1.165) is 31.7 Å². The molecule has 1 atom stereocenters. The Balaban J connectivity index is 1.70. The average Bonchev–Trinajstić information content (AvgIpc) is 2.97. The van der Waals surface area contributed by atoms with E-state index in [0.29, 0.717) is 11.1 Å². The molecule has 7 heteroatoms. The summed E-state index contributed by atoms with van der Waals surface area (Å²) in [7, 11) is 0. The zero-order valence-corrected chi connectivity index (χ0v) is 15.6. The molecule has 148 valence electrons. The molecule has 1 unspecified atom stereocenters. The predicted molar refractivity (Wildman–Crippen MR) is 104 cm³/mol. The van der Waals surface area contributed by atoms with Gasteiger partial charge in [0.2, 0.25) is 0 Å². The highest BCUT2D eigenvalue weighted by Crippen LogP contribution is 2.20. The highest BCUT2D eigenvalue weighted by Gasteiger charge is 2.20. The average molecular weight is 385 g/mol. The summed E-state index contributed by atoms with van der Waals surface area (Å²) in [5.41, 5.74) is 0.891. The fourth-order valence-electron chi connectivity index (χ4n) is 3.37. The van der Waals surface area contributed by atoms with Crippen LogP contribution in [0.3, 0.4) is 0 Å². The molecule has 1 fully saturated rings. The van der Waals surface area contributed by atoms with E-state index in [1.54, 1.807) is 6.07 Å². The van der Waals surface area contributed by atoms with Crippen molar-refractivity contribution in [2.24, 2.45) is 0 Å². The van der Waals surface area contributed by atoms with E-state index in [1.807, 2.05) is 6.07 Å². The van der Waals surface area contributed by atoms with Crippen LogP contribution in [-0.4, -0.2) is 35.1 Å². The molecule has 2 heterocycles. The van der Waals surface area contributed by atoms with Gasteiger partial charge in [-0.05, 0) is 42.7 Å². The highest BCUT2D eigenvalue weighted by atomic mass is 19.1. The first-order chi connectivity index (χ1) is 13.5. The Labute approximate surface area is 163 Å². The lowest BCUT2D eigenvalue weighted by Gasteiger charge is -2.21. The van der Waals surface area contributed by atoms with E-state index >= 15 is 0 Å². The van der Waals surface area contributed by atoms with Crippen LogP contribution in [-0.2, 0) is 4.79 Å². The van der Waals surface area contributed by atoms with Gasteiger partial charge in [-0.15, -0.1) is 0 Å². The minimum atomic E-state index is -1.05. The maximum absolute atomic E-state index is 13.1. The third kappa shape index (κ3) is 5.28. The molecule has 1 saturated heterocycles. The van der Waals surface area contributed by atoms with E-state index in [2.05, 4.69) is 15.2 Å². The second-order valence-corrected chi connectivity index (χ2v) is 6.98. The van der Waals surface area contributed by atoms with Crippen molar-refractivity contribution >= 4 is 17.7 Å². The van der Waals surface area contributed by atoms with Crippen LogP contribution in [0.5, 0.6) is 0 Å². The van der Waals surface area contributed by atoms with Crippen LogP contribution in [0.2, 0.25) is 0 Å². The number of carbonyl (C=O) groups excluding carboxylic acids is 1. The second-order valence-electron chi connectivity index (χ2n) is 6.98. The number of carboxylic acids is 1. The van der Waals surface area contributed by atoms with Crippen molar-refractivity contribution in [3.63, 3.8) is 0 Å². The van der Waals surface area contributed by atoms with E-state index in [9.17, 15) is 14.0 Å². The van der Waals surface area contributed by atoms with Crippen LogP contribution in [0.15, 0.2) is 42.6 Å². The summed E-state index contributed by atoms with van der Waals surface area (Å²) in [6.45, 7) is 1.92. The van der Waals surface area contributed by atoms with Crippen LogP contribution in [0, 0.1) is 5.82 Å². The fourth-order valence-corrected chi connectivity index (χ4v) is 3.37. The zero-order chi connectivity index (χ0) is 19.9. The van der Waals surface area contributed by atoms with Gasteiger partial charge in [-0.25, -0.2) is 9.37 Å². The standard InChI is InChI=1S/C21H24FN3O3/c22-17-8-5-15(6-9-17)18(13-20(26)27)24-21(28)16-7-10-19(23-14-16)25-11-3-1-2-4-12-25/h5-10,14,18H,1-4,11-13H2,(H,24,28)(H,26,27). The van der Waals surface area contributed by atoms with Crippen molar-refractivity contribution in [1.29, 1.82) is 0 Å². The number of aromatic nitrogens is 1. The first kappa shape index (κ1) is 19.8. The molecular weight excluding hydrogens is 361 g/mol. The Morgan fingerprint density at radius 2 is 1.75 bits per heavy atom. The first-order valence-corrected chi connectivity index (χ1v) is 9.52. The summed E-state index contributed by atoms with van der Waals surface area (Å²) in [5.74, 6) is -1.04. The van der Waals surface area contributed by atoms with Crippen molar-refractivity contribution in [1.82, 2.24) is 10.3 Å². The topological polar surface area (TPSA) is 82.5 Å². The monoisotopic (exact) mass is 385 g/mol. The fraction of sp³-hybridized carbons (Fsp3) is 0.381. The largest absolute Gasteiger partial charge is 0.481 e. The van der Waals surface area contributed by atoms with Gasteiger partial charge in [0.1, 0.15) is 11.6 Å². The first-order valence-electron chi connectivity index (χ1n) is 9.52. The van der Waals surface area contributed by atoms with Gasteiger partial charge in [-0.1, -0.05) is 25.0 Å². The number of hydrogen-bond acceptors (Lipinski definition) is 4. The SMILES string of the molecule is O=C(O)CC(NC(=O)c1ccc(N2CCCCCC2)nc1)c1ccc(F)cc1. The molecule has 1 aliphatic heterocycles. The van der Waals surface area contributed by atoms with Crippen LogP contribution in [0.25, 0.3) is 0 Å². The highest BCUT2D eigenvalue weighted by molar-refractivity contribution is 5.94. The number of halogens is 1. The molecule has 0 radical (unpaired) electrons. The van der Waals surface area contributed by atoms with Crippen LogP contribution in [0.1, 0.15) is 54.1 Å². The van der Waals surface area contributed by atoms with Gasteiger partial charge in [-0.2, -0.15) is 0 Å². The third-order valence-corrected chi connectivity index (χ3v) is 4.90. The number of nitrogens with zero attached hydrogens (tertiary/aromatic N) is 2. The summed E-state index contributed by atoms with van der Waals surface area (Å²) in [6.07, 6.45) is 5.95. The molecule has 2 N–H and O–H groups in total. The van der Waals surface area contributed by atoms with E-state index in [4.69, 9.17) is 5.11 Å². The number of amides is 1. The zero-order valence-electron chi connectivity index (χ0n) is 15.6. The molecule has 6 nitrogen and oxygen atoms in total. The summed E-state index contributed by atoms with van der Waals surface area (Å²) in [4.78, 5) is 30.4. The molecule has 1 aliphatic rings. The van der Waals surface area contributed by atoms with Gasteiger partial charge in [0, 0.05) is 19.3 Å². The molecule has 3 rings (SSSR count). The van der Waals surface area contributed by atoms with Crippen molar-refractivity contribution in [2.75, 3.05) is 18.0 Å². The molecule has 0 aliphatic carbocycles. The lowest BCUT2D eigenvalue weighted by atomic mass is 10.0. The Morgan fingerprint density at radius 3 is 2.32 bits per heavy atom. The number of nitrogens with one attached hydrogen (secondary N) is 1. The van der Waals surface area contributed by atoms with Gasteiger partial charge in [0.25, 0.3) is 5.91 Å². The summed E-state index contributed by atoms with van der Waals surface area (Å²) in [6, 6.07) is 8.21. The van der Waals surface area contributed by atoms with Gasteiger partial charge >= 0.3 is 5.97 Å². The van der Waals surface area contributed by atoms with Crippen molar-refractivity contribution in [3.05, 3.63) is 59.5 Å². The van der Waals surface area contributed by atoms with Crippen molar-refractivity contribution in [2.45, 2.75) is 38.1 Å². The van der Waals surface area contributed by atoms with Crippen molar-refractivity contribution < 1.29 is 19.1 Å². The number of rotatable bonds is 6. The molecule has 0 bridgehead atoms. The maximum Gasteiger partial charge on any atom is 0.305 e. The second kappa shape index (κ2) is 9.30. The number of anilines is 1. The summed E-state index contributed by atoms with van der Waals surface area (Å²) in [5, 5.41) is 11.9. The number of benzene rings is 1. The normalized spacial score (nSPS) is 15.5. The maximum atomic E-state index is 13.1. The van der Waals surface area contributed by atoms with Gasteiger partial charge < -0.3 is 15.3 Å². The number of aliphatic carboxylic acids is 1. The Hall–Kier alpha value is -2.96. The molecule has 28 heavy (non-hydrogen) atoms. The van der Waals surface area contributed by atoms with E-state index in [-0.39, 0.29) is 6.42 Å². The number of hydrogen-bond donors (Lipinski definition) is 2. The van der Waals surface area contributed by atoms with Crippen molar-refractivity contribution in [3.8, 4) is 0 Å². The molecule has 1 aromatic carbocycles. The molecule has 1 amide bonds. The van der Waals surface area contributed by atoms with E-state index < -0.39 is 23.7 Å². The molecule has 0 saturated carbocycles. The third-order valence-electron chi connectivity index (χ3n) is 4.90. The Kier molecular flexibility index (Phi) is 6.57. The molecular formula is C21H24FN3O3. The molecule has 1 aromatic heterocycles. The molecule has 0 spiro atoms. The summed E-state index contributed by atoms with van der Waals surface area (Å²) < 4.78 is 13.1. The Bertz CT molecular complexity index is 801. The van der Waals surface area contributed by atoms with Gasteiger partial charge in [0.05, 0.1) is 18.0 Å². The lowest BCUT2D eigenvalue weighted by molar-refractivity contribution is -0.137. The van der Waals surface area contributed by atoms with Crippen LogP contribution >= 0.6 is 0 Å². The quantitative estimate of drug-likeness (QED) is 0.795. The molecule has 2 aromatic rings. The van der Waals surface area contributed by atoms with Gasteiger partial charge in [-0.3, -0.25) is 9.59 Å².